The van der Waals surface area contributed by atoms with Crippen molar-refractivity contribution in [2.75, 3.05) is 19.6 Å². The summed E-state index contributed by atoms with van der Waals surface area (Å²) in [5.41, 5.74) is 0. The summed E-state index contributed by atoms with van der Waals surface area (Å²) in [6.07, 6.45) is 1.65. The van der Waals surface area contributed by atoms with Crippen LogP contribution >= 0.6 is 0 Å². The van der Waals surface area contributed by atoms with Gasteiger partial charge in [-0.1, -0.05) is 0 Å². The standard InChI is InChI=1S/C12H21N3O5/c1-8(7-15-4-2-3-5-15)13-12(20)14-9(11(18)19)6-10(16)17/h8-9H,2-7H2,1H3,(H,16,17)(H,18,19)(H2,13,14,20). The molecule has 0 bridgehead atoms. The van der Waals surface area contributed by atoms with Crippen molar-refractivity contribution in [3.63, 3.8) is 0 Å². The van der Waals surface area contributed by atoms with Crippen LogP contribution in [0.3, 0.4) is 0 Å². The fourth-order valence-corrected chi connectivity index (χ4v) is 2.20. The molecule has 1 saturated heterocycles. The van der Waals surface area contributed by atoms with E-state index in [0.717, 1.165) is 25.9 Å². The van der Waals surface area contributed by atoms with E-state index in [-0.39, 0.29) is 6.04 Å². The summed E-state index contributed by atoms with van der Waals surface area (Å²) in [7, 11) is 0. The number of amides is 2. The number of carboxylic acids is 2. The van der Waals surface area contributed by atoms with Gasteiger partial charge in [0.05, 0.1) is 6.42 Å². The number of carboxylic acid groups (broad SMARTS) is 2. The lowest BCUT2D eigenvalue weighted by atomic mass is 10.2. The molecule has 20 heavy (non-hydrogen) atoms. The molecule has 4 N–H and O–H groups in total. The first-order valence-corrected chi connectivity index (χ1v) is 6.62. The number of aliphatic carboxylic acids is 2. The fourth-order valence-electron chi connectivity index (χ4n) is 2.20. The maximum Gasteiger partial charge on any atom is 0.326 e. The maximum atomic E-state index is 11.6. The zero-order valence-corrected chi connectivity index (χ0v) is 11.5. The highest BCUT2D eigenvalue weighted by Crippen LogP contribution is 2.07. The van der Waals surface area contributed by atoms with Gasteiger partial charge in [0.15, 0.2) is 0 Å². The minimum absolute atomic E-state index is 0.132. The Morgan fingerprint density at radius 3 is 2.25 bits per heavy atom. The summed E-state index contributed by atoms with van der Waals surface area (Å²) in [6.45, 7) is 4.53. The van der Waals surface area contributed by atoms with Crippen molar-refractivity contribution in [3.05, 3.63) is 0 Å². The van der Waals surface area contributed by atoms with Gasteiger partial charge in [-0.05, 0) is 32.9 Å². The number of carbonyl (C=O) groups is 3. The molecule has 0 aliphatic carbocycles. The Kier molecular flexibility index (Phi) is 6.23. The number of carbonyl (C=O) groups excluding carboxylic acids is 1. The van der Waals surface area contributed by atoms with Crippen molar-refractivity contribution >= 4 is 18.0 Å². The van der Waals surface area contributed by atoms with Gasteiger partial charge in [-0.15, -0.1) is 0 Å². The smallest absolute Gasteiger partial charge is 0.326 e. The molecule has 0 spiro atoms. The van der Waals surface area contributed by atoms with Crippen LogP contribution in [-0.2, 0) is 9.59 Å². The molecule has 0 aromatic rings. The Morgan fingerprint density at radius 1 is 1.15 bits per heavy atom. The summed E-state index contributed by atoms with van der Waals surface area (Å²) < 4.78 is 0. The summed E-state index contributed by atoms with van der Waals surface area (Å²) >= 11 is 0. The fraction of sp³-hybridized carbons (Fsp3) is 0.750. The van der Waals surface area contributed by atoms with Gasteiger partial charge in [-0.2, -0.15) is 0 Å². The number of rotatable bonds is 7. The average Bonchev–Trinajstić information content (AvgIpc) is 2.79. The van der Waals surface area contributed by atoms with Gasteiger partial charge < -0.3 is 25.7 Å². The van der Waals surface area contributed by atoms with E-state index in [0.29, 0.717) is 6.54 Å². The van der Waals surface area contributed by atoms with Crippen LogP contribution in [0.5, 0.6) is 0 Å². The van der Waals surface area contributed by atoms with Gasteiger partial charge in [0.1, 0.15) is 6.04 Å². The minimum Gasteiger partial charge on any atom is -0.481 e. The second-order valence-electron chi connectivity index (χ2n) is 5.02. The summed E-state index contributed by atoms with van der Waals surface area (Å²) in [6, 6.07) is -2.22. The van der Waals surface area contributed by atoms with Crippen molar-refractivity contribution in [1.82, 2.24) is 15.5 Å². The summed E-state index contributed by atoms with van der Waals surface area (Å²) in [4.78, 5) is 35.2. The van der Waals surface area contributed by atoms with Crippen molar-refractivity contribution in [2.24, 2.45) is 0 Å². The number of nitrogens with zero attached hydrogens (tertiary/aromatic N) is 1. The van der Waals surface area contributed by atoms with E-state index in [1.165, 1.54) is 0 Å². The highest BCUT2D eigenvalue weighted by atomic mass is 16.4. The Bertz CT molecular complexity index is 368. The van der Waals surface area contributed by atoms with Gasteiger partial charge in [0.2, 0.25) is 0 Å². The molecule has 1 rings (SSSR count). The molecule has 0 aromatic heterocycles. The van der Waals surface area contributed by atoms with Gasteiger partial charge in [0.25, 0.3) is 0 Å². The maximum absolute atomic E-state index is 11.6. The predicted octanol–water partition coefficient (Wildman–Crippen LogP) is -0.302. The third-order valence-electron chi connectivity index (χ3n) is 3.09. The van der Waals surface area contributed by atoms with E-state index >= 15 is 0 Å². The van der Waals surface area contributed by atoms with Crippen LogP contribution in [0.25, 0.3) is 0 Å². The Labute approximate surface area is 117 Å². The van der Waals surface area contributed by atoms with Crippen molar-refractivity contribution in [3.8, 4) is 0 Å². The van der Waals surface area contributed by atoms with Crippen LogP contribution in [0, 0.1) is 0 Å². The minimum atomic E-state index is -1.42. The monoisotopic (exact) mass is 287 g/mol. The van der Waals surface area contributed by atoms with Crippen LogP contribution in [0.15, 0.2) is 0 Å². The largest absolute Gasteiger partial charge is 0.481 e. The van der Waals surface area contributed by atoms with Gasteiger partial charge >= 0.3 is 18.0 Å². The molecular weight excluding hydrogens is 266 g/mol. The quantitative estimate of drug-likeness (QED) is 0.510. The predicted molar refractivity (Wildman–Crippen MR) is 70.5 cm³/mol. The normalized spacial score (nSPS) is 18.2. The first-order valence-electron chi connectivity index (χ1n) is 6.62. The number of likely N-dealkylation sites (tertiary alicyclic amines) is 1. The number of urea groups is 1. The van der Waals surface area contributed by atoms with Gasteiger partial charge in [-0.3, -0.25) is 4.79 Å². The van der Waals surface area contributed by atoms with E-state index in [4.69, 9.17) is 10.2 Å². The third kappa shape index (κ3) is 5.87. The second-order valence-corrected chi connectivity index (χ2v) is 5.02. The lowest BCUT2D eigenvalue weighted by Gasteiger charge is -2.22. The lowest BCUT2D eigenvalue weighted by Crippen LogP contribution is -2.51. The molecule has 1 fully saturated rings. The van der Waals surface area contributed by atoms with Crippen molar-refractivity contribution in [2.45, 2.75) is 38.3 Å². The average molecular weight is 287 g/mol. The molecule has 1 aliphatic heterocycles. The van der Waals surface area contributed by atoms with E-state index in [1.54, 1.807) is 0 Å². The first-order chi connectivity index (χ1) is 9.38. The Balaban J connectivity index is 2.36. The first kappa shape index (κ1) is 16.2. The second kappa shape index (κ2) is 7.68. The van der Waals surface area contributed by atoms with E-state index in [9.17, 15) is 14.4 Å². The highest BCUT2D eigenvalue weighted by Gasteiger charge is 2.24. The molecule has 8 nitrogen and oxygen atoms in total. The highest BCUT2D eigenvalue weighted by molar-refractivity contribution is 5.86. The number of hydrogen-bond donors (Lipinski definition) is 4. The molecule has 1 aliphatic rings. The van der Waals surface area contributed by atoms with E-state index in [2.05, 4.69) is 15.5 Å². The molecule has 114 valence electrons. The third-order valence-corrected chi connectivity index (χ3v) is 3.09. The van der Waals surface area contributed by atoms with Crippen molar-refractivity contribution < 1.29 is 24.6 Å². The van der Waals surface area contributed by atoms with Gasteiger partial charge in [0, 0.05) is 12.6 Å². The zero-order chi connectivity index (χ0) is 15.1. The lowest BCUT2D eigenvalue weighted by molar-refractivity contribution is -0.145. The van der Waals surface area contributed by atoms with Crippen LogP contribution < -0.4 is 10.6 Å². The van der Waals surface area contributed by atoms with Crippen LogP contribution in [0.2, 0.25) is 0 Å². The van der Waals surface area contributed by atoms with Crippen molar-refractivity contribution in [1.29, 1.82) is 0 Å². The topological polar surface area (TPSA) is 119 Å². The Hall–Kier alpha value is -1.83. The summed E-state index contributed by atoms with van der Waals surface area (Å²) in [5, 5.41) is 22.2. The number of hydrogen-bond acceptors (Lipinski definition) is 4. The molecule has 0 saturated carbocycles. The zero-order valence-electron chi connectivity index (χ0n) is 11.5. The SMILES string of the molecule is CC(CN1CCCC1)NC(=O)NC(CC(=O)O)C(=O)O. The van der Waals surface area contributed by atoms with E-state index in [1.807, 2.05) is 6.92 Å². The number of nitrogens with one attached hydrogen (secondary N) is 2. The molecular formula is C12H21N3O5. The molecule has 2 atom stereocenters. The van der Waals surface area contributed by atoms with Crippen LogP contribution in [0.4, 0.5) is 4.79 Å². The molecule has 8 heteroatoms. The van der Waals surface area contributed by atoms with Gasteiger partial charge in [-0.25, -0.2) is 9.59 Å². The molecule has 2 unspecified atom stereocenters. The summed E-state index contributed by atoms with van der Waals surface area (Å²) in [5.74, 6) is -2.64. The molecule has 0 aromatic carbocycles. The Morgan fingerprint density at radius 2 is 1.75 bits per heavy atom. The van der Waals surface area contributed by atoms with Crippen LogP contribution in [-0.4, -0.2) is 64.8 Å². The molecule has 1 heterocycles. The molecule has 0 radical (unpaired) electrons. The van der Waals surface area contributed by atoms with Crippen LogP contribution in [0.1, 0.15) is 26.2 Å². The molecule has 2 amide bonds. The van der Waals surface area contributed by atoms with E-state index < -0.39 is 30.4 Å².